The first kappa shape index (κ1) is 24.0. The number of alkyl halides is 2. The van der Waals surface area contributed by atoms with Crippen molar-refractivity contribution in [2.24, 2.45) is 0 Å². The molecule has 0 saturated carbocycles. The Kier molecular flexibility index (Phi) is 7.66. The first-order valence-corrected chi connectivity index (χ1v) is 10.1. The molecule has 0 amide bonds. The number of rotatable bonds is 7. The summed E-state index contributed by atoms with van der Waals surface area (Å²) in [7, 11) is 1.39. The van der Waals surface area contributed by atoms with Crippen molar-refractivity contribution >= 4 is 34.0 Å². The van der Waals surface area contributed by atoms with Crippen LogP contribution in [-0.2, 0) is 11.2 Å². The molecule has 1 aromatic carbocycles. The summed E-state index contributed by atoms with van der Waals surface area (Å²) < 4.78 is 21.4. The molecule has 2 aromatic rings. The number of methoxy groups -OCH3 is 1. The normalized spacial score (nSPS) is 27.5. The second kappa shape index (κ2) is 9.88. The summed E-state index contributed by atoms with van der Waals surface area (Å²) >= 11 is 11.3. The largest absolute Gasteiger partial charge is 0.497 e. The maximum Gasteiger partial charge on any atom is 0.347 e. The van der Waals surface area contributed by atoms with Crippen LogP contribution in [0.15, 0.2) is 27.4 Å². The fourth-order valence-electron chi connectivity index (χ4n) is 3.21. The van der Waals surface area contributed by atoms with Gasteiger partial charge in [-0.15, -0.1) is 23.2 Å². The molecular formula is C19H22Cl2O10. The standard InChI is InChI=1S/C19H22Cl2O10/c1-28-8-2-7-3-9(4-10(23)17(20)21)29-18(27)13(7)11(5-8)30-19-16(26)15(25)14(24)12(6-22)31-19/h2-3,5,10,12,14-17,19,22-26H,4,6H2,1H3. The maximum absolute atomic E-state index is 12.7. The van der Waals surface area contributed by atoms with Gasteiger partial charge in [0.1, 0.15) is 51.9 Å². The molecule has 0 bridgehead atoms. The lowest BCUT2D eigenvalue weighted by molar-refractivity contribution is -0.277. The van der Waals surface area contributed by atoms with Crippen LogP contribution < -0.4 is 15.1 Å². The van der Waals surface area contributed by atoms with Crippen molar-refractivity contribution in [1.29, 1.82) is 0 Å². The molecule has 0 radical (unpaired) electrons. The van der Waals surface area contributed by atoms with Gasteiger partial charge >= 0.3 is 5.63 Å². The highest BCUT2D eigenvalue weighted by molar-refractivity contribution is 6.44. The lowest BCUT2D eigenvalue weighted by Gasteiger charge is -2.39. The topological polar surface area (TPSA) is 159 Å². The fraction of sp³-hybridized carbons (Fsp3) is 0.526. The second-order valence-electron chi connectivity index (χ2n) is 7.01. The number of hydrogen-bond acceptors (Lipinski definition) is 10. The van der Waals surface area contributed by atoms with Crippen LogP contribution in [0.25, 0.3) is 10.8 Å². The Hall–Kier alpha value is -1.63. The van der Waals surface area contributed by atoms with E-state index in [0.717, 1.165) is 0 Å². The zero-order valence-corrected chi connectivity index (χ0v) is 17.7. The molecule has 2 heterocycles. The highest BCUT2D eigenvalue weighted by atomic mass is 35.5. The summed E-state index contributed by atoms with van der Waals surface area (Å²) in [6.07, 6.45) is -8.89. The zero-order valence-electron chi connectivity index (χ0n) is 16.2. The Labute approximate surface area is 186 Å². The average molecular weight is 481 g/mol. The van der Waals surface area contributed by atoms with E-state index in [2.05, 4.69) is 0 Å². The molecule has 0 aliphatic carbocycles. The molecule has 1 aliphatic rings. The molecule has 172 valence electrons. The van der Waals surface area contributed by atoms with Crippen molar-refractivity contribution in [1.82, 2.24) is 0 Å². The third-order valence-corrected chi connectivity index (χ3v) is 5.46. The van der Waals surface area contributed by atoms with E-state index in [4.69, 9.17) is 41.8 Å². The summed E-state index contributed by atoms with van der Waals surface area (Å²) in [6, 6.07) is 4.35. The van der Waals surface area contributed by atoms with Gasteiger partial charge in [0.15, 0.2) is 0 Å². The Balaban J connectivity index is 2.01. The van der Waals surface area contributed by atoms with Crippen molar-refractivity contribution in [3.05, 3.63) is 34.4 Å². The Bertz CT molecular complexity index is 963. The minimum atomic E-state index is -1.68. The van der Waals surface area contributed by atoms with Crippen molar-refractivity contribution in [2.75, 3.05) is 13.7 Å². The minimum Gasteiger partial charge on any atom is -0.497 e. The number of aliphatic hydroxyl groups is 5. The molecule has 1 saturated heterocycles. The molecule has 0 spiro atoms. The van der Waals surface area contributed by atoms with Gasteiger partial charge in [0.05, 0.1) is 19.8 Å². The number of fused-ring (bicyclic) bond motifs is 1. The van der Waals surface area contributed by atoms with Gasteiger partial charge in [-0.2, -0.15) is 0 Å². The van der Waals surface area contributed by atoms with E-state index < -0.39 is 53.9 Å². The van der Waals surface area contributed by atoms with Gasteiger partial charge in [0, 0.05) is 12.5 Å². The van der Waals surface area contributed by atoms with Gasteiger partial charge in [-0.3, -0.25) is 0 Å². The summed E-state index contributed by atoms with van der Waals surface area (Å²) in [5.74, 6) is 0.312. The molecule has 6 unspecified atom stereocenters. The van der Waals surface area contributed by atoms with Crippen LogP contribution in [0, 0.1) is 0 Å². The Morgan fingerprint density at radius 1 is 1.13 bits per heavy atom. The van der Waals surface area contributed by atoms with Crippen LogP contribution in [0.2, 0.25) is 0 Å². The number of ether oxygens (including phenoxy) is 3. The predicted molar refractivity (Wildman–Crippen MR) is 109 cm³/mol. The Morgan fingerprint density at radius 2 is 1.84 bits per heavy atom. The van der Waals surface area contributed by atoms with E-state index in [-0.39, 0.29) is 29.1 Å². The first-order chi connectivity index (χ1) is 14.7. The third-order valence-electron chi connectivity index (χ3n) is 4.88. The Morgan fingerprint density at radius 3 is 2.45 bits per heavy atom. The van der Waals surface area contributed by atoms with Gasteiger partial charge in [-0.1, -0.05) is 0 Å². The second-order valence-corrected chi connectivity index (χ2v) is 8.17. The lowest BCUT2D eigenvalue weighted by atomic mass is 9.99. The number of aliphatic hydroxyl groups excluding tert-OH is 5. The number of halogens is 2. The molecule has 5 N–H and O–H groups in total. The molecule has 1 fully saturated rings. The summed E-state index contributed by atoms with van der Waals surface area (Å²) in [5.41, 5.74) is -0.817. The van der Waals surface area contributed by atoms with E-state index in [1.807, 2.05) is 0 Å². The van der Waals surface area contributed by atoms with E-state index >= 15 is 0 Å². The maximum atomic E-state index is 12.7. The highest BCUT2D eigenvalue weighted by Crippen LogP contribution is 2.33. The average Bonchev–Trinajstić information content (AvgIpc) is 2.73. The van der Waals surface area contributed by atoms with Crippen molar-refractivity contribution in [3.63, 3.8) is 0 Å². The van der Waals surface area contributed by atoms with E-state index in [0.29, 0.717) is 5.39 Å². The molecule has 1 aliphatic heterocycles. The van der Waals surface area contributed by atoms with Gasteiger partial charge < -0.3 is 44.2 Å². The van der Waals surface area contributed by atoms with Gasteiger partial charge in [-0.25, -0.2) is 4.79 Å². The molecule has 10 nitrogen and oxygen atoms in total. The summed E-state index contributed by atoms with van der Waals surface area (Å²) in [6.45, 7) is -0.639. The van der Waals surface area contributed by atoms with Crippen LogP contribution >= 0.6 is 23.2 Å². The molecule has 31 heavy (non-hydrogen) atoms. The minimum absolute atomic E-state index is 0.0238. The first-order valence-electron chi connectivity index (χ1n) is 9.24. The van der Waals surface area contributed by atoms with Crippen molar-refractivity contribution in [2.45, 2.75) is 48.1 Å². The number of hydrogen-bond donors (Lipinski definition) is 5. The van der Waals surface area contributed by atoms with E-state index in [1.54, 1.807) is 0 Å². The predicted octanol–water partition coefficient (Wildman–Crippen LogP) is -0.313. The van der Waals surface area contributed by atoms with E-state index in [1.165, 1.54) is 25.3 Å². The van der Waals surface area contributed by atoms with Crippen molar-refractivity contribution in [3.8, 4) is 11.5 Å². The van der Waals surface area contributed by atoms with E-state index in [9.17, 15) is 30.3 Å². The quantitative estimate of drug-likeness (QED) is 0.332. The zero-order chi connectivity index (χ0) is 22.9. The van der Waals surface area contributed by atoms with Crippen molar-refractivity contribution < 1.29 is 44.2 Å². The lowest BCUT2D eigenvalue weighted by Crippen LogP contribution is -2.60. The van der Waals surface area contributed by atoms with Crippen LogP contribution in [-0.4, -0.2) is 80.9 Å². The number of benzene rings is 1. The molecule has 6 atom stereocenters. The molecule has 3 rings (SSSR count). The van der Waals surface area contributed by atoms with Gasteiger partial charge in [-0.05, 0) is 17.5 Å². The molecular weight excluding hydrogens is 459 g/mol. The van der Waals surface area contributed by atoms with Gasteiger partial charge in [0.25, 0.3) is 0 Å². The fourth-order valence-corrected chi connectivity index (χ4v) is 3.39. The van der Waals surface area contributed by atoms with Crippen LogP contribution in [0.3, 0.4) is 0 Å². The smallest absolute Gasteiger partial charge is 0.347 e. The monoisotopic (exact) mass is 480 g/mol. The SMILES string of the molecule is COc1cc(OC2OC(CO)C(O)C(O)C2O)c2c(=O)oc(CC(O)C(Cl)Cl)cc2c1. The molecule has 1 aromatic heterocycles. The van der Waals surface area contributed by atoms with Crippen LogP contribution in [0.1, 0.15) is 5.76 Å². The van der Waals surface area contributed by atoms with Gasteiger partial charge in [0.2, 0.25) is 6.29 Å². The third kappa shape index (κ3) is 5.07. The van der Waals surface area contributed by atoms with Crippen LogP contribution in [0.4, 0.5) is 0 Å². The van der Waals surface area contributed by atoms with Crippen LogP contribution in [0.5, 0.6) is 11.5 Å². The molecule has 12 heteroatoms. The summed E-state index contributed by atoms with van der Waals surface area (Å²) in [5, 5.41) is 49.6. The summed E-state index contributed by atoms with van der Waals surface area (Å²) in [4.78, 5) is 11.6. The highest BCUT2D eigenvalue weighted by Gasteiger charge is 2.45.